The van der Waals surface area contributed by atoms with E-state index in [9.17, 15) is 4.79 Å². The van der Waals surface area contributed by atoms with Crippen molar-refractivity contribution < 1.29 is 14.1 Å². The van der Waals surface area contributed by atoms with Crippen LogP contribution in [0.15, 0.2) is 34.9 Å². The van der Waals surface area contributed by atoms with Crippen LogP contribution in [0.4, 0.5) is 0 Å². The van der Waals surface area contributed by atoms with Crippen LogP contribution in [-0.4, -0.2) is 23.2 Å². The first-order chi connectivity index (χ1) is 10.1. The molecule has 0 radical (unpaired) electrons. The summed E-state index contributed by atoms with van der Waals surface area (Å²) in [5.41, 5.74) is 3.73. The largest absolute Gasteiger partial charge is 0.465 e. The van der Waals surface area contributed by atoms with Gasteiger partial charge in [0.15, 0.2) is 0 Å². The summed E-state index contributed by atoms with van der Waals surface area (Å²) in [6.07, 6.45) is 0. The van der Waals surface area contributed by atoms with Crippen molar-refractivity contribution in [3.05, 3.63) is 47.2 Å². The fraction of sp³-hybridized carbons (Fsp3) is 0.188. The zero-order valence-corrected chi connectivity index (χ0v) is 12.0. The normalized spacial score (nSPS) is 10.8. The van der Waals surface area contributed by atoms with Crippen LogP contribution in [0.2, 0.25) is 0 Å². The minimum atomic E-state index is -0.415. The Bertz CT molecular complexity index is 822. The van der Waals surface area contributed by atoms with E-state index in [0.29, 0.717) is 22.7 Å². The lowest BCUT2D eigenvalue weighted by Gasteiger charge is -2.10. The van der Waals surface area contributed by atoms with Gasteiger partial charge < -0.3 is 9.26 Å². The van der Waals surface area contributed by atoms with E-state index in [0.717, 1.165) is 16.5 Å². The molecular weight excluding hydrogens is 268 g/mol. The minimum Gasteiger partial charge on any atom is -0.465 e. The lowest BCUT2D eigenvalue weighted by molar-refractivity contribution is 0.0600. The zero-order chi connectivity index (χ0) is 15.0. The van der Waals surface area contributed by atoms with E-state index in [-0.39, 0.29) is 0 Å². The molecule has 0 amide bonds. The highest BCUT2D eigenvalue weighted by molar-refractivity contribution is 6.02. The third-order valence-corrected chi connectivity index (χ3v) is 3.48. The minimum absolute atomic E-state index is 0.415. The highest BCUT2D eigenvalue weighted by Crippen LogP contribution is 2.31. The Hall–Kier alpha value is -2.69. The highest BCUT2D eigenvalue weighted by atomic mass is 16.5. The Balaban J connectivity index is 2.40. The molecule has 2 heterocycles. The fourth-order valence-electron chi connectivity index (χ4n) is 2.48. The van der Waals surface area contributed by atoms with E-state index in [1.54, 1.807) is 0 Å². The van der Waals surface area contributed by atoms with Crippen molar-refractivity contribution in [2.75, 3.05) is 7.11 Å². The van der Waals surface area contributed by atoms with Crippen LogP contribution in [0.5, 0.6) is 0 Å². The van der Waals surface area contributed by atoms with Gasteiger partial charge in [0.25, 0.3) is 5.71 Å². The molecule has 0 fully saturated rings. The molecule has 0 N–H and O–H groups in total. The van der Waals surface area contributed by atoms with Gasteiger partial charge in [-0.1, -0.05) is 35.5 Å². The number of benzene rings is 1. The molecule has 0 aliphatic rings. The van der Waals surface area contributed by atoms with Gasteiger partial charge in [0.1, 0.15) is 0 Å². The van der Waals surface area contributed by atoms with E-state index in [1.807, 2.05) is 44.2 Å². The van der Waals surface area contributed by atoms with Gasteiger partial charge in [0.05, 0.1) is 29.4 Å². The number of hydrogen-bond acceptors (Lipinski definition) is 5. The van der Waals surface area contributed by atoms with Crippen LogP contribution in [0, 0.1) is 13.8 Å². The molecule has 3 rings (SSSR count). The van der Waals surface area contributed by atoms with E-state index in [1.165, 1.54) is 7.11 Å². The van der Waals surface area contributed by atoms with Crippen LogP contribution in [0.3, 0.4) is 0 Å². The number of rotatable bonds is 2. The molecule has 21 heavy (non-hydrogen) atoms. The number of ether oxygens (including phenoxy) is 1. The van der Waals surface area contributed by atoms with E-state index in [2.05, 4.69) is 10.1 Å². The molecule has 0 saturated carbocycles. The van der Waals surface area contributed by atoms with Gasteiger partial charge >= 0.3 is 5.97 Å². The van der Waals surface area contributed by atoms with Gasteiger partial charge in [-0.3, -0.25) is 0 Å². The summed E-state index contributed by atoms with van der Waals surface area (Å²) in [5.74, 6) is -0.415. The molecule has 5 nitrogen and oxygen atoms in total. The van der Waals surface area contributed by atoms with E-state index >= 15 is 0 Å². The van der Waals surface area contributed by atoms with Crippen molar-refractivity contribution in [1.29, 1.82) is 0 Å². The quantitative estimate of drug-likeness (QED) is 0.675. The first-order valence-electron chi connectivity index (χ1n) is 6.53. The van der Waals surface area contributed by atoms with Gasteiger partial charge in [0.2, 0.25) is 0 Å². The number of esters is 1. The number of carbonyl (C=O) groups is 1. The number of hydrogen-bond donors (Lipinski definition) is 0. The van der Waals surface area contributed by atoms with Crippen LogP contribution in [0.1, 0.15) is 21.6 Å². The number of pyridine rings is 1. The summed E-state index contributed by atoms with van der Waals surface area (Å²) in [5, 5.41) is 4.69. The van der Waals surface area contributed by atoms with Crippen LogP contribution < -0.4 is 0 Å². The Morgan fingerprint density at radius 2 is 1.90 bits per heavy atom. The average Bonchev–Trinajstić information content (AvgIpc) is 2.89. The topological polar surface area (TPSA) is 65.2 Å². The molecule has 1 aromatic carbocycles. The molecule has 0 bridgehead atoms. The Labute approximate surface area is 121 Å². The summed E-state index contributed by atoms with van der Waals surface area (Å²) < 4.78 is 10.2. The fourth-order valence-corrected chi connectivity index (χ4v) is 2.48. The van der Waals surface area contributed by atoms with Gasteiger partial charge in [0, 0.05) is 5.56 Å². The smallest absolute Gasteiger partial charge is 0.340 e. The molecule has 0 aliphatic heterocycles. The molecule has 2 aromatic heterocycles. The maximum atomic E-state index is 12.2. The predicted octanol–water partition coefficient (Wildman–Crippen LogP) is 3.29. The SMILES string of the molecule is COC(=O)c1c(-c2ccccc2)nc2onc(C)c2c1C. The molecule has 0 saturated heterocycles. The molecule has 0 unspecified atom stereocenters. The van der Waals surface area contributed by atoms with Crippen molar-refractivity contribution in [1.82, 2.24) is 10.1 Å². The zero-order valence-electron chi connectivity index (χ0n) is 12.0. The van der Waals surface area contributed by atoms with Crippen LogP contribution in [-0.2, 0) is 4.74 Å². The third kappa shape index (κ3) is 2.07. The Morgan fingerprint density at radius 3 is 2.57 bits per heavy atom. The van der Waals surface area contributed by atoms with Gasteiger partial charge in [-0.25, -0.2) is 9.78 Å². The van der Waals surface area contributed by atoms with Gasteiger partial charge in [-0.2, -0.15) is 0 Å². The number of methoxy groups -OCH3 is 1. The standard InChI is InChI=1S/C16H14N2O3/c1-9-12-10(2)18-21-15(12)17-14(13(9)16(19)20-3)11-7-5-4-6-8-11/h4-8H,1-3H3. The van der Waals surface area contributed by atoms with E-state index < -0.39 is 5.97 Å². The van der Waals surface area contributed by atoms with E-state index in [4.69, 9.17) is 9.26 Å². The van der Waals surface area contributed by atoms with Crippen molar-refractivity contribution in [2.24, 2.45) is 0 Å². The molecule has 0 atom stereocenters. The first-order valence-corrected chi connectivity index (χ1v) is 6.53. The molecule has 0 spiro atoms. The van der Waals surface area contributed by atoms with Crippen LogP contribution in [0.25, 0.3) is 22.4 Å². The number of aryl methyl sites for hydroxylation is 2. The number of nitrogens with zero attached hydrogens (tertiary/aromatic N) is 2. The predicted molar refractivity (Wildman–Crippen MR) is 78.1 cm³/mol. The maximum absolute atomic E-state index is 12.2. The second kappa shape index (κ2) is 5.01. The lowest BCUT2D eigenvalue weighted by atomic mass is 9.99. The average molecular weight is 282 g/mol. The molecule has 3 aromatic rings. The Morgan fingerprint density at radius 1 is 1.19 bits per heavy atom. The van der Waals surface area contributed by atoms with Crippen molar-refractivity contribution in [3.63, 3.8) is 0 Å². The second-order valence-electron chi connectivity index (χ2n) is 4.77. The number of carbonyl (C=O) groups excluding carboxylic acids is 1. The number of fused-ring (bicyclic) bond motifs is 1. The monoisotopic (exact) mass is 282 g/mol. The summed E-state index contributed by atoms with van der Waals surface area (Å²) in [6, 6.07) is 9.48. The molecule has 0 aliphatic carbocycles. The van der Waals surface area contributed by atoms with Crippen LogP contribution >= 0.6 is 0 Å². The summed E-state index contributed by atoms with van der Waals surface area (Å²) in [6.45, 7) is 3.68. The summed E-state index contributed by atoms with van der Waals surface area (Å²) in [4.78, 5) is 16.7. The summed E-state index contributed by atoms with van der Waals surface area (Å²) in [7, 11) is 1.36. The third-order valence-electron chi connectivity index (χ3n) is 3.48. The van der Waals surface area contributed by atoms with Crippen molar-refractivity contribution in [2.45, 2.75) is 13.8 Å². The molecule has 5 heteroatoms. The molecular formula is C16H14N2O3. The summed E-state index contributed by atoms with van der Waals surface area (Å²) >= 11 is 0. The van der Waals surface area contributed by atoms with Crippen molar-refractivity contribution >= 4 is 17.1 Å². The number of aromatic nitrogens is 2. The maximum Gasteiger partial charge on any atom is 0.340 e. The second-order valence-corrected chi connectivity index (χ2v) is 4.77. The van der Waals surface area contributed by atoms with Gasteiger partial charge in [-0.15, -0.1) is 0 Å². The van der Waals surface area contributed by atoms with Gasteiger partial charge in [-0.05, 0) is 19.4 Å². The Kier molecular flexibility index (Phi) is 3.17. The first kappa shape index (κ1) is 13.3. The highest BCUT2D eigenvalue weighted by Gasteiger charge is 2.23. The van der Waals surface area contributed by atoms with Crippen molar-refractivity contribution in [3.8, 4) is 11.3 Å². The lowest BCUT2D eigenvalue weighted by Crippen LogP contribution is -2.08. The molecule has 106 valence electrons.